The summed E-state index contributed by atoms with van der Waals surface area (Å²) in [6.07, 6.45) is 4.27. The van der Waals surface area contributed by atoms with Crippen LogP contribution in [0.1, 0.15) is 23.3 Å². The molecule has 1 aromatic rings. The van der Waals surface area contributed by atoms with E-state index in [4.69, 9.17) is 11.5 Å². The van der Waals surface area contributed by atoms with Crippen LogP contribution < -0.4 is 16.8 Å². The summed E-state index contributed by atoms with van der Waals surface area (Å²) in [6, 6.07) is 0. The Labute approximate surface area is 135 Å². The Bertz CT molecular complexity index is 538. The standard InChI is InChI=1S/C12H18FIN6O/c1-17-12(21)10-7-20(19-18-10)6-8(13)2-3-9(15)4-5-11(14)16/h4-5,7-8H,2-3,6,15-16H2,1H3,(H,17,21)/b9-4-,11-5-/t8-/m1/s1. The van der Waals surface area contributed by atoms with Gasteiger partial charge < -0.3 is 16.8 Å². The zero-order valence-corrected chi connectivity index (χ0v) is 13.7. The monoisotopic (exact) mass is 408 g/mol. The number of carbonyl (C=O) groups is 1. The topological polar surface area (TPSA) is 112 Å². The minimum absolute atomic E-state index is 0.0293. The molecule has 5 N–H and O–H groups in total. The largest absolute Gasteiger partial charge is 0.402 e. The SMILES string of the molecule is CNC(=O)c1cn(C[C@H](F)CC/C(N)=C/C=C(\N)I)nn1. The summed E-state index contributed by atoms with van der Waals surface area (Å²) < 4.78 is 15.7. The number of nitrogens with zero attached hydrogens (tertiary/aromatic N) is 3. The summed E-state index contributed by atoms with van der Waals surface area (Å²) >= 11 is 1.96. The number of allylic oxidation sites excluding steroid dienone is 3. The maximum Gasteiger partial charge on any atom is 0.273 e. The predicted octanol–water partition coefficient (Wildman–Crippen LogP) is 0.834. The van der Waals surface area contributed by atoms with Crippen molar-refractivity contribution in [3.05, 3.63) is 33.4 Å². The number of rotatable bonds is 7. The van der Waals surface area contributed by atoms with E-state index in [1.165, 1.54) is 17.9 Å². The molecule has 0 aliphatic rings. The fourth-order valence-electron chi connectivity index (χ4n) is 1.51. The van der Waals surface area contributed by atoms with Crippen LogP contribution in [0.3, 0.4) is 0 Å². The number of amides is 1. The second-order valence-corrected chi connectivity index (χ2v) is 5.58. The Morgan fingerprint density at radius 1 is 1.57 bits per heavy atom. The molecule has 21 heavy (non-hydrogen) atoms. The summed E-state index contributed by atoms with van der Waals surface area (Å²) in [4.78, 5) is 11.3. The summed E-state index contributed by atoms with van der Waals surface area (Å²) in [5, 5.41) is 9.79. The summed E-state index contributed by atoms with van der Waals surface area (Å²) in [5.41, 5.74) is 11.9. The number of halogens is 2. The smallest absolute Gasteiger partial charge is 0.273 e. The Morgan fingerprint density at radius 3 is 2.90 bits per heavy atom. The van der Waals surface area contributed by atoms with Gasteiger partial charge in [-0.2, -0.15) is 0 Å². The molecule has 0 saturated carbocycles. The zero-order valence-electron chi connectivity index (χ0n) is 11.6. The van der Waals surface area contributed by atoms with E-state index >= 15 is 0 Å². The first kappa shape index (κ1) is 17.4. The first-order valence-electron chi connectivity index (χ1n) is 6.26. The first-order valence-corrected chi connectivity index (χ1v) is 7.33. The lowest BCUT2D eigenvalue weighted by molar-refractivity contribution is 0.0958. The molecule has 1 heterocycles. The van der Waals surface area contributed by atoms with Crippen molar-refractivity contribution in [3.8, 4) is 0 Å². The number of alkyl halides is 1. The van der Waals surface area contributed by atoms with Crippen LogP contribution in [0, 0.1) is 0 Å². The van der Waals surface area contributed by atoms with Crippen molar-refractivity contribution in [2.75, 3.05) is 7.05 Å². The molecule has 0 spiro atoms. The number of nitrogens with two attached hydrogens (primary N) is 2. The Hall–Kier alpha value is -1.65. The molecule has 0 saturated heterocycles. The van der Waals surface area contributed by atoms with E-state index in [-0.39, 0.29) is 24.6 Å². The molecule has 116 valence electrons. The van der Waals surface area contributed by atoms with Gasteiger partial charge in [-0.15, -0.1) is 5.10 Å². The zero-order chi connectivity index (χ0) is 15.8. The molecule has 9 heteroatoms. The highest BCUT2D eigenvalue weighted by atomic mass is 127. The quantitative estimate of drug-likeness (QED) is 0.352. The summed E-state index contributed by atoms with van der Waals surface area (Å²) in [6.45, 7) is 0.0293. The summed E-state index contributed by atoms with van der Waals surface area (Å²) in [7, 11) is 1.49. The number of nitrogens with one attached hydrogen (secondary N) is 1. The van der Waals surface area contributed by atoms with Crippen LogP contribution in [-0.4, -0.2) is 34.1 Å². The van der Waals surface area contributed by atoms with Crippen LogP contribution in [0.2, 0.25) is 0 Å². The van der Waals surface area contributed by atoms with Gasteiger partial charge in [0.25, 0.3) is 5.91 Å². The Kier molecular flexibility index (Phi) is 7.12. The van der Waals surface area contributed by atoms with Gasteiger partial charge in [0.15, 0.2) is 5.69 Å². The molecular formula is C12H18FIN6O. The van der Waals surface area contributed by atoms with Crippen molar-refractivity contribution in [3.63, 3.8) is 0 Å². The maximum atomic E-state index is 13.8. The van der Waals surface area contributed by atoms with Crippen molar-refractivity contribution in [2.24, 2.45) is 11.5 Å². The second-order valence-electron chi connectivity index (χ2n) is 4.33. The Morgan fingerprint density at radius 2 is 2.29 bits per heavy atom. The predicted molar refractivity (Wildman–Crippen MR) is 86.1 cm³/mol. The van der Waals surface area contributed by atoms with E-state index in [1.54, 1.807) is 12.2 Å². The van der Waals surface area contributed by atoms with Gasteiger partial charge >= 0.3 is 0 Å². The number of hydrogen-bond donors (Lipinski definition) is 3. The van der Waals surface area contributed by atoms with E-state index in [0.717, 1.165) is 0 Å². The number of aromatic nitrogens is 3. The Balaban J connectivity index is 2.45. The second kappa shape index (κ2) is 8.60. The lowest BCUT2D eigenvalue weighted by atomic mass is 10.1. The molecule has 0 aliphatic carbocycles. The molecule has 0 unspecified atom stereocenters. The van der Waals surface area contributed by atoms with Crippen LogP contribution in [0.4, 0.5) is 4.39 Å². The van der Waals surface area contributed by atoms with E-state index in [2.05, 4.69) is 15.6 Å². The molecule has 1 amide bonds. The third-order valence-corrected chi connectivity index (χ3v) is 2.95. The average molecular weight is 408 g/mol. The minimum Gasteiger partial charge on any atom is -0.402 e. The molecule has 0 aromatic carbocycles. The van der Waals surface area contributed by atoms with Gasteiger partial charge in [-0.05, 0) is 47.6 Å². The van der Waals surface area contributed by atoms with E-state index in [1.807, 2.05) is 22.6 Å². The van der Waals surface area contributed by atoms with Gasteiger partial charge in [-0.25, -0.2) is 9.07 Å². The van der Waals surface area contributed by atoms with E-state index in [0.29, 0.717) is 15.8 Å². The van der Waals surface area contributed by atoms with Crippen molar-refractivity contribution in [2.45, 2.75) is 25.6 Å². The minimum atomic E-state index is -1.13. The van der Waals surface area contributed by atoms with E-state index in [9.17, 15) is 9.18 Å². The average Bonchev–Trinajstić information content (AvgIpc) is 2.90. The highest BCUT2D eigenvalue weighted by Crippen LogP contribution is 2.09. The molecule has 1 rings (SSSR count). The fourth-order valence-corrected chi connectivity index (χ4v) is 1.69. The van der Waals surface area contributed by atoms with Crippen molar-refractivity contribution >= 4 is 28.5 Å². The van der Waals surface area contributed by atoms with Gasteiger partial charge in [-0.3, -0.25) is 4.79 Å². The third kappa shape index (κ3) is 6.56. The van der Waals surface area contributed by atoms with Crippen LogP contribution >= 0.6 is 22.6 Å². The molecule has 1 atom stereocenters. The highest BCUT2D eigenvalue weighted by molar-refractivity contribution is 14.1. The first-order chi connectivity index (χ1) is 9.92. The highest BCUT2D eigenvalue weighted by Gasteiger charge is 2.12. The maximum absolute atomic E-state index is 13.8. The molecular weight excluding hydrogens is 390 g/mol. The van der Waals surface area contributed by atoms with E-state index < -0.39 is 6.17 Å². The lowest BCUT2D eigenvalue weighted by Crippen LogP contribution is -2.18. The molecule has 0 aliphatic heterocycles. The fraction of sp³-hybridized carbons (Fsp3) is 0.417. The van der Waals surface area contributed by atoms with Crippen LogP contribution in [0.5, 0.6) is 0 Å². The molecule has 1 aromatic heterocycles. The van der Waals surface area contributed by atoms with Gasteiger partial charge in [0, 0.05) is 12.7 Å². The third-order valence-electron chi connectivity index (χ3n) is 2.59. The van der Waals surface area contributed by atoms with Gasteiger partial charge in [0.2, 0.25) is 0 Å². The lowest BCUT2D eigenvalue weighted by Gasteiger charge is -2.07. The van der Waals surface area contributed by atoms with Crippen LogP contribution in [0.15, 0.2) is 27.7 Å². The number of hydrogen-bond acceptors (Lipinski definition) is 5. The van der Waals surface area contributed by atoms with Crippen molar-refractivity contribution in [1.82, 2.24) is 20.3 Å². The van der Waals surface area contributed by atoms with Crippen molar-refractivity contribution < 1.29 is 9.18 Å². The molecule has 7 nitrogen and oxygen atoms in total. The molecule has 0 bridgehead atoms. The number of carbonyl (C=O) groups excluding carboxylic acids is 1. The van der Waals surface area contributed by atoms with Crippen LogP contribution in [-0.2, 0) is 6.54 Å². The molecule has 0 fully saturated rings. The molecule has 0 radical (unpaired) electrons. The normalized spacial score (nSPS) is 14.0. The van der Waals surface area contributed by atoms with Gasteiger partial charge in [0.05, 0.1) is 16.4 Å². The summed E-state index contributed by atoms with van der Waals surface area (Å²) in [5.74, 6) is -0.355. The van der Waals surface area contributed by atoms with Crippen molar-refractivity contribution in [1.29, 1.82) is 0 Å². The van der Waals surface area contributed by atoms with Gasteiger partial charge in [-0.1, -0.05) is 5.21 Å². The van der Waals surface area contributed by atoms with Gasteiger partial charge in [0.1, 0.15) is 6.17 Å². The van der Waals surface area contributed by atoms with Crippen LogP contribution in [0.25, 0.3) is 0 Å².